The van der Waals surface area contributed by atoms with Crippen LogP contribution in [0.4, 0.5) is 0 Å². The predicted octanol–water partition coefficient (Wildman–Crippen LogP) is -0.317. The highest BCUT2D eigenvalue weighted by atomic mass is 16.5. The lowest BCUT2D eigenvalue weighted by Gasteiger charge is -2.34. The molecular formula is C18H28N4O3. The fourth-order valence-corrected chi connectivity index (χ4v) is 2.74. The predicted molar refractivity (Wildman–Crippen MR) is 96.1 cm³/mol. The molecule has 1 aliphatic rings. The van der Waals surface area contributed by atoms with Crippen molar-refractivity contribution < 1.29 is 14.3 Å². The summed E-state index contributed by atoms with van der Waals surface area (Å²) in [5.74, 6) is -0.309. The molecular weight excluding hydrogens is 320 g/mol. The summed E-state index contributed by atoms with van der Waals surface area (Å²) in [7, 11) is 1.58. The van der Waals surface area contributed by atoms with Crippen LogP contribution in [0.1, 0.15) is 5.56 Å². The third kappa shape index (κ3) is 7.64. The van der Waals surface area contributed by atoms with Gasteiger partial charge in [-0.25, -0.2) is 0 Å². The molecule has 1 aliphatic heterocycles. The van der Waals surface area contributed by atoms with Gasteiger partial charge in [0.25, 0.3) is 0 Å². The van der Waals surface area contributed by atoms with Gasteiger partial charge in [0.1, 0.15) is 0 Å². The van der Waals surface area contributed by atoms with E-state index in [0.29, 0.717) is 19.7 Å². The maximum absolute atomic E-state index is 11.9. The molecule has 2 amide bonds. The summed E-state index contributed by atoms with van der Waals surface area (Å²) in [5.41, 5.74) is 1.31. The van der Waals surface area contributed by atoms with Crippen molar-refractivity contribution in [3.05, 3.63) is 35.9 Å². The minimum Gasteiger partial charge on any atom is -0.383 e. The standard InChI is InChI=1S/C18H28N4O3/c1-25-12-7-19-17(23)13-20-18(24)15-22-10-8-21(9-11-22)14-16-5-3-2-4-6-16/h2-6H,7-15H2,1H3,(H,19,23)(H,20,24). The first-order valence-corrected chi connectivity index (χ1v) is 8.68. The van der Waals surface area contributed by atoms with Gasteiger partial charge in [0.2, 0.25) is 11.8 Å². The highest BCUT2D eigenvalue weighted by molar-refractivity contribution is 5.85. The molecule has 7 nitrogen and oxygen atoms in total. The van der Waals surface area contributed by atoms with E-state index in [9.17, 15) is 9.59 Å². The van der Waals surface area contributed by atoms with Gasteiger partial charge in [0, 0.05) is 46.4 Å². The van der Waals surface area contributed by atoms with Gasteiger partial charge in [0.05, 0.1) is 19.7 Å². The molecule has 138 valence electrons. The molecule has 0 bridgehead atoms. The van der Waals surface area contributed by atoms with E-state index >= 15 is 0 Å². The number of methoxy groups -OCH3 is 1. The first kappa shape index (κ1) is 19.4. The highest BCUT2D eigenvalue weighted by Crippen LogP contribution is 2.08. The van der Waals surface area contributed by atoms with Crippen LogP contribution < -0.4 is 10.6 Å². The van der Waals surface area contributed by atoms with E-state index in [1.807, 2.05) is 6.07 Å². The first-order valence-electron chi connectivity index (χ1n) is 8.68. The van der Waals surface area contributed by atoms with Crippen LogP contribution in [0.3, 0.4) is 0 Å². The number of carbonyl (C=O) groups is 2. The van der Waals surface area contributed by atoms with Crippen molar-refractivity contribution in [3.63, 3.8) is 0 Å². The minimum atomic E-state index is -0.196. The van der Waals surface area contributed by atoms with Crippen LogP contribution in [0.25, 0.3) is 0 Å². The summed E-state index contributed by atoms with van der Waals surface area (Å²) in [6.07, 6.45) is 0. The normalized spacial score (nSPS) is 15.7. The van der Waals surface area contributed by atoms with E-state index < -0.39 is 0 Å². The second-order valence-corrected chi connectivity index (χ2v) is 6.16. The van der Waals surface area contributed by atoms with Gasteiger partial charge in [-0.05, 0) is 5.56 Å². The third-order valence-electron chi connectivity index (χ3n) is 4.16. The van der Waals surface area contributed by atoms with Crippen LogP contribution >= 0.6 is 0 Å². The average Bonchev–Trinajstić information content (AvgIpc) is 2.63. The highest BCUT2D eigenvalue weighted by Gasteiger charge is 2.19. The summed E-state index contributed by atoms with van der Waals surface area (Å²) >= 11 is 0. The molecule has 0 aliphatic carbocycles. The quantitative estimate of drug-likeness (QED) is 0.599. The molecule has 1 heterocycles. The van der Waals surface area contributed by atoms with Crippen LogP contribution in [0.5, 0.6) is 0 Å². The first-order chi connectivity index (χ1) is 12.2. The van der Waals surface area contributed by atoms with Crippen LogP contribution in [-0.4, -0.2) is 81.1 Å². The van der Waals surface area contributed by atoms with Gasteiger partial charge < -0.3 is 15.4 Å². The number of carbonyl (C=O) groups excluding carboxylic acids is 2. The number of nitrogens with zero attached hydrogens (tertiary/aromatic N) is 2. The van der Waals surface area contributed by atoms with E-state index in [-0.39, 0.29) is 18.4 Å². The molecule has 0 spiro atoms. The van der Waals surface area contributed by atoms with Crippen molar-refractivity contribution in [2.75, 3.05) is 59.5 Å². The van der Waals surface area contributed by atoms with Crippen molar-refractivity contribution >= 4 is 11.8 Å². The summed E-state index contributed by atoms with van der Waals surface area (Å²) in [5, 5.41) is 5.33. The number of benzene rings is 1. The van der Waals surface area contributed by atoms with Crippen LogP contribution in [0.15, 0.2) is 30.3 Å². The molecule has 0 radical (unpaired) electrons. The van der Waals surface area contributed by atoms with Crippen molar-refractivity contribution in [1.29, 1.82) is 0 Å². The van der Waals surface area contributed by atoms with E-state index in [1.165, 1.54) is 5.56 Å². The van der Waals surface area contributed by atoms with Crippen molar-refractivity contribution in [3.8, 4) is 0 Å². The largest absolute Gasteiger partial charge is 0.383 e. The minimum absolute atomic E-state index is 0.0104. The lowest BCUT2D eigenvalue weighted by atomic mass is 10.2. The van der Waals surface area contributed by atoms with E-state index in [4.69, 9.17) is 4.74 Å². The number of rotatable bonds is 9. The van der Waals surface area contributed by atoms with Gasteiger partial charge >= 0.3 is 0 Å². The average molecular weight is 348 g/mol. The number of ether oxygens (including phenoxy) is 1. The Bertz CT molecular complexity index is 530. The fraction of sp³-hybridized carbons (Fsp3) is 0.556. The molecule has 25 heavy (non-hydrogen) atoms. The Hall–Kier alpha value is -1.96. The molecule has 1 fully saturated rings. The summed E-state index contributed by atoms with van der Waals surface area (Å²) in [4.78, 5) is 28.0. The lowest BCUT2D eigenvalue weighted by Crippen LogP contribution is -2.50. The molecule has 0 unspecified atom stereocenters. The monoisotopic (exact) mass is 348 g/mol. The number of hydrogen-bond acceptors (Lipinski definition) is 5. The SMILES string of the molecule is COCCNC(=O)CNC(=O)CN1CCN(Cc2ccccc2)CC1. The topological polar surface area (TPSA) is 73.9 Å². The molecule has 1 aromatic rings. The van der Waals surface area contributed by atoms with Crippen molar-refractivity contribution in [2.45, 2.75) is 6.54 Å². The van der Waals surface area contributed by atoms with Crippen molar-refractivity contribution in [1.82, 2.24) is 20.4 Å². The Balaban J connectivity index is 1.59. The lowest BCUT2D eigenvalue weighted by molar-refractivity contribution is -0.127. The van der Waals surface area contributed by atoms with Gasteiger partial charge in [-0.2, -0.15) is 0 Å². The van der Waals surface area contributed by atoms with Crippen LogP contribution in [-0.2, 0) is 20.9 Å². The summed E-state index contributed by atoms with van der Waals surface area (Å²) in [6.45, 7) is 5.82. The second-order valence-electron chi connectivity index (χ2n) is 6.16. The fourth-order valence-electron chi connectivity index (χ4n) is 2.74. The molecule has 1 saturated heterocycles. The van der Waals surface area contributed by atoms with Gasteiger partial charge in [-0.1, -0.05) is 30.3 Å². The van der Waals surface area contributed by atoms with Gasteiger partial charge in [0.15, 0.2) is 0 Å². The van der Waals surface area contributed by atoms with E-state index in [0.717, 1.165) is 32.7 Å². The molecule has 0 saturated carbocycles. The Morgan fingerprint density at radius 2 is 1.68 bits per heavy atom. The molecule has 2 N–H and O–H groups in total. The Morgan fingerprint density at radius 3 is 2.36 bits per heavy atom. The molecule has 0 aromatic heterocycles. The summed E-state index contributed by atoms with van der Waals surface area (Å²) in [6, 6.07) is 10.4. The Kier molecular flexibility index (Phi) is 8.38. The number of hydrogen-bond donors (Lipinski definition) is 2. The van der Waals surface area contributed by atoms with E-state index in [1.54, 1.807) is 7.11 Å². The molecule has 1 aromatic carbocycles. The number of nitrogens with one attached hydrogen (secondary N) is 2. The smallest absolute Gasteiger partial charge is 0.239 e. The number of amides is 2. The summed E-state index contributed by atoms with van der Waals surface area (Å²) < 4.78 is 4.85. The van der Waals surface area contributed by atoms with E-state index in [2.05, 4.69) is 44.7 Å². The zero-order chi connectivity index (χ0) is 17.9. The van der Waals surface area contributed by atoms with Gasteiger partial charge in [-0.3, -0.25) is 19.4 Å². The zero-order valence-electron chi connectivity index (χ0n) is 14.9. The second kappa shape index (κ2) is 10.8. The number of piperazine rings is 1. The van der Waals surface area contributed by atoms with Crippen LogP contribution in [0.2, 0.25) is 0 Å². The maximum Gasteiger partial charge on any atom is 0.239 e. The molecule has 7 heteroatoms. The van der Waals surface area contributed by atoms with Crippen LogP contribution in [0, 0.1) is 0 Å². The van der Waals surface area contributed by atoms with Gasteiger partial charge in [-0.15, -0.1) is 0 Å². The Morgan fingerprint density at radius 1 is 1.00 bits per heavy atom. The van der Waals surface area contributed by atoms with Crippen molar-refractivity contribution in [2.24, 2.45) is 0 Å². The molecule has 0 atom stereocenters. The Labute approximate surface area is 149 Å². The third-order valence-corrected chi connectivity index (χ3v) is 4.16. The maximum atomic E-state index is 11.9. The molecule has 2 rings (SSSR count). The zero-order valence-corrected chi connectivity index (χ0v) is 14.9.